The molecule has 0 aliphatic rings. The summed E-state index contributed by atoms with van der Waals surface area (Å²) in [5.74, 6) is -0.188. The van der Waals surface area contributed by atoms with E-state index < -0.39 is 20.2 Å². The van der Waals surface area contributed by atoms with E-state index in [1.807, 2.05) is 30.5 Å². The van der Waals surface area contributed by atoms with E-state index in [4.69, 9.17) is 20.7 Å². The fourth-order valence-corrected chi connectivity index (χ4v) is 8.65. The topological polar surface area (TPSA) is 203 Å². The van der Waals surface area contributed by atoms with Crippen molar-refractivity contribution in [3.63, 3.8) is 0 Å². The maximum Gasteiger partial charge on any atom is 0.295 e. The number of halogens is 3. The second-order valence-corrected chi connectivity index (χ2v) is 17.4. The number of pyridine rings is 3. The highest BCUT2D eigenvalue weighted by atomic mass is 127. The van der Waals surface area contributed by atoms with Crippen molar-refractivity contribution in [2.75, 3.05) is 25.0 Å². The molecule has 0 fully saturated rings. The first-order valence-corrected chi connectivity index (χ1v) is 21.9. The first-order valence-electron chi connectivity index (χ1n) is 16.5. The number of nitrogens with one attached hydrogen (secondary N) is 1. The van der Waals surface area contributed by atoms with E-state index in [1.165, 1.54) is 61.8 Å². The largest absolute Gasteiger partial charge is 0.505 e. The fraction of sp³-hybridized carbons (Fsp3) is 0.250. The molecule has 0 aliphatic heterocycles. The zero-order valence-corrected chi connectivity index (χ0v) is 36.0. The van der Waals surface area contributed by atoms with Crippen LogP contribution in [-0.2, 0) is 20.2 Å². The predicted octanol–water partition coefficient (Wildman–Crippen LogP) is 8.39. The maximum absolute atomic E-state index is 11.2. The van der Waals surface area contributed by atoms with E-state index in [0.29, 0.717) is 13.2 Å². The molecule has 0 saturated carbocycles. The molecule has 0 spiro atoms. The molecule has 0 saturated heterocycles. The molecule has 0 aliphatic carbocycles. The lowest BCUT2D eigenvalue weighted by Gasteiger charge is -2.20. The number of hydrogen-bond acceptors (Lipinski definition) is 11. The van der Waals surface area contributed by atoms with E-state index in [0.717, 1.165) is 41.1 Å². The Labute approximate surface area is 346 Å². The smallest absolute Gasteiger partial charge is 0.295 e. The van der Waals surface area contributed by atoms with Gasteiger partial charge < -0.3 is 20.4 Å². The lowest BCUT2D eigenvalue weighted by molar-refractivity contribution is 0.295. The molecule has 54 heavy (non-hydrogen) atoms. The third-order valence-corrected chi connectivity index (χ3v) is 11.9. The number of phenolic OH excluding ortho intramolecular Hbond substituents is 2. The minimum absolute atomic E-state index is 0.0939. The van der Waals surface area contributed by atoms with Gasteiger partial charge in [0.1, 0.15) is 20.8 Å². The van der Waals surface area contributed by atoms with E-state index in [2.05, 4.69) is 45.9 Å². The lowest BCUT2D eigenvalue weighted by atomic mass is 10.1. The van der Waals surface area contributed by atoms with Gasteiger partial charge in [0.2, 0.25) is 0 Å². The number of aromatic hydroxyl groups is 2. The van der Waals surface area contributed by atoms with Crippen molar-refractivity contribution in [2.24, 2.45) is 0 Å². The molecule has 0 amide bonds. The van der Waals surface area contributed by atoms with E-state index >= 15 is 0 Å². The van der Waals surface area contributed by atoms with Crippen molar-refractivity contribution in [3.05, 3.63) is 91.4 Å². The molecule has 3 aromatic heterocycles. The number of anilines is 1. The Morgan fingerprint density at radius 3 is 1.76 bits per heavy atom. The van der Waals surface area contributed by atoms with Crippen LogP contribution in [0, 0.1) is 7.14 Å². The van der Waals surface area contributed by atoms with Gasteiger partial charge in [0.05, 0.1) is 12.7 Å². The Morgan fingerprint density at radius 2 is 1.28 bits per heavy atom. The van der Waals surface area contributed by atoms with Gasteiger partial charge in [-0.2, -0.15) is 16.8 Å². The molecule has 6 aromatic rings. The molecule has 0 radical (unpaired) electrons. The molecule has 1 atom stereocenters. The quantitative estimate of drug-likeness (QED) is 0.0647. The SMILES string of the molecule is CCN(CC)CCCC(C)Nc1ccnc2cc(Cl)ccc12.O=S(=O)(O)c1cc(I)c(O)c2ncccc12.O=S(=O)(O)c1cc(I)c(O)c2ncccc12. The van der Waals surface area contributed by atoms with Crippen LogP contribution < -0.4 is 5.32 Å². The Balaban J connectivity index is 0.000000184. The Kier molecular flexibility index (Phi) is 15.4. The van der Waals surface area contributed by atoms with Crippen LogP contribution in [0.3, 0.4) is 0 Å². The molecule has 3 aromatic carbocycles. The van der Waals surface area contributed by atoms with E-state index in [9.17, 15) is 27.0 Å². The summed E-state index contributed by atoms with van der Waals surface area (Å²) in [6, 6.07) is 16.8. The van der Waals surface area contributed by atoms with E-state index in [1.54, 1.807) is 45.2 Å². The summed E-state index contributed by atoms with van der Waals surface area (Å²) in [5, 5.41) is 25.3. The zero-order valence-electron chi connectivity index (χ0n) is 29.3. The van der Waals surface area contributed by atoms with Crippen LogP contribution in [0.25, 0.3) is 32.7 Å². The molecule has 3 heterocycles. The van der Waals surface area contributed by atoms with E-state index in [-0.39, 0.29) is 43.1 Å². The minimum Gasteiger partial charge on any atom is -0.505 e. The number of hydrogen-bond donors (Lipinski definition) is 5. The van der Waals surface area contributed by atoms with Gasteiger partial charge >= 0.3 is 0 Å². The van der Waals surface area contributed by atoms with Gasteiger partial charge in [0.15, 0.2) is 11.5 Å². The maximum atomic E-state index is 11.2. The van der Waals surface area contributed by atoms with Crippen LogP contribution >= 0.6 is 56.8 Å². The summed E-state index contributed by atoms with van der Waals surface area (Å²) in [6.07, 6.45) is 7.08. The average Bonchev–Trinajstić information content (AvgIpc) is 3.13. The molecular weight excluding hydrogens is 984 g/mol. The summed E-state index contributed by atoms with van der Waals surface area (Å²) in [7, 11) is -8.65. The summed E-state index contributed by atoms with van der Waals surface area (Å²) in [6.45, 7) is 10.1. The third-order valence-electron chi connectivity index (χ3n) is 8.23. The van der Waals surface area contributed by atoms with Crippen molar-refractivity contribution in [1.82, 2.24) is 19.9 Å². The first kappa shape index (κ1) is 43.5. The standard InChI is InChI=1S/C18H26ClN3.2C9H6INO4S/c1-4-22(5-2)12-6-7-14(3)21-17-10-11-20-18-13-15(19)8-9-16(17)18;2*10-6-4-7(16(13,14)15)5-2-1-3-11-8(5)9(6)12/h8-11,13-14H,4-7,12H2,1-3H3,(H,20,21);2*1-4,12H,(H,13,14,15). The second kappa shape index (κ2) is 19.1. The van der Waals surface area contributed by atoms with Crippen LogP contribution in [0.5, 0.6) is 11.5 Å². The van der Waals surface area contributed by atoms with Crippen LogP contribution in [0.1, 0.15) is 33.6 Å². The van der Waals surface area contributed by atoms with Crippen molar-refractivity contribution >= 4 is 115 Å². The van der Waals surface area contributed by atoms with Gasteiger partial charge in [0.25, 0.3) is 20.2 Å². The Morgan fingerprint density at radius 1 is 0.759 bits per heavy atom. The number of aromatic nitrogens is 3. The molecule has 6 rings (SSSR count). The van der Waals surface area contributed by atoms with Crippen molar-refractivity contribution < 1.29 is 36.2 Å². The van der Waals surface area contributed by atoms with Crippen LogP contribution in [-0.4, -0.2) is 81.7 Å². The lowest BCUT2D eigenvalue weighted by Crippen LogP contribution is -2.25. The zero-order chi connectivity index (χ0) is 39.8. The Bertz CT molecular complexity index is 2370. The molecule has 13 nitrogen and oxygen atoms in total. The highest BCUT2D eigenvalue weighted by molar-refractivity contribution is 14.1. The van der Waals surface area contributed by atoms with Gasteiger partial charge in [-0.15, -0.1) is 0 Å². The normalized spacial score (nSPS) is 12.2. The Hall–Kier alpha value is -3.18. The minimum atomic E-state index is -4.32. The highest BCUT2D eigenvalue weighted by Gasteiger charge is 2.20. The summed E-state index contributed by atoms with van der Waals surface area (Å²) >= 11 is 9.58. The summed E-state index contributed by atoms with van der Waals surface area (Å²) in [5.41, 5.74) is 2.38. The van der Waals surface area contributed by atoms with Crippen LogP contribution in [0.2, 0.25) is 5.02 Å². The molecule has 1 unspecified atom stereocenters. The van der Waals surface area contributed by atoms with Crippen LogP contribution in [0.4, 0.5) is 5.69 Å². The van der Waals surface area contributed by atoms with Gasteiger partial charge in [-0.3, -0.25) is 24.1 Å². The second-order valence-electron chi connectivity index (χ2n) is 11.9. The molecule has 5 N–H and O–H groups in total. The number of benzene rings is 3. The average molecular weight is 1020 g/mol. The van der Waals surface area contributed by atoms with Crippen molar-refractivity contribution in [3.8, 4) is 11.5 Å². The number of nitrogens with zero attached hydrogens (tertiary/aromatic N) is 4. The monoisotopic (exact) mass is 1020 g/mol. The molecular formula is C36H38ClI2N5O8S2. The molecule has 288 valence electrons. The van der Waals surface area contributed by atoms with Crippen LogP contribution in [0.15, 0.2) is 89.0 Å². The fourth-order valence-electron chi connectivity index (χ4n) is 5.51. The van der Waals surface area contributed by atoms with Crippen molar-refractivity contribution in [2.45, 2.75) is 49.4 Å². The first-order chi connectivity index (χ1) is 25.5. The van der Waals surface area contributed by atoms with Gasteiger partial charge in [0, 0.05) is 51.5 Å². The number of phenols is 2. The molecule has 18 heteroatoms. The summed E-state index contributed by atoms with van der Waals surface area (Å²) in [4.78, 5) is 14.1. The van der Waals surface area contributed by atoms with Gasteiger partial charge in [-0.05, 0) is 145 Å². The van der Waals surface area contributed by atoms with Gasteiger partial charge in [-0.25, -0.2) is 0 Å². The van der Waals surface area contributed by atoms with Gasteiger partial charge in [-0.1, -0.05) is 25.4 Å². The van der Waals surface area contributed by atoms with Crippen molar-refractivity contribution in [1.29, 1.82) is 0 Å². The number of fused-ring (bicyclic) bond motifs is 3. The molecule has 0 bridgehead atoms. The highest BCUT2D eigenvalue weighted by Crippen LogP contribution is 2.34. The number of rotatable bonds is 10. The predicted molar refractivity (Wildman–Crippen MR) is 229 cm³/mol. The summed E-state index contributed by atoms with van der Waals surface area (Å²) < 4.78 is 63.4. The third kappa shape index (κ3) is 11.2.